The smallest absolute Gasteiger partial charge is 0.316 e. The Morgan fingerprint density at radius 3 is 2.40 bits per heavy atom. The summed E-state index contributed by atoms with van der Waals surface area (Å²) in [5.41, 5.74) is 3.67. The Kier molecular flexibility index (Phi) is 4.71. The Labute approximate surface area is 150 Å². The second-order valence-corrected chi connectivity index (χ2v) is 7.60. The Bertz CT molecular complexity index is 692. The summed E-state index contributed by atoms with van der Waals surface area (Å²) in [7, 11) is 1.58. The number of hydrogen-bond donors (Lipinski definition) is 0. The first kappa shape index (κ1) is 16.5. The van der Waals surface area contributed by atoms with Crippen molar-refractivity contribution in [1.29, 1.82) is 0 Å². The van der Waals surface area contributed by atoms with Crippen molar-refractivity contribution < 1.29 is 4.74 Å². The van der Waals surface area contributed by atoms with Crippen LogP contribution in [-0.2, 0) is 0 Å². The zero-order chi connectivity index (χ0) is 17.2. The summed E-state index contributed by atoms with van der Waals surface area (Å²) in [5, 5.41) is 0. The molecule has 132 valence electrons. The van der Waals surface area contributed by atoms with E-state index in [-0.39, 0.29) is 0 Å². The molecular weight excluding hydrogens is 310 g/mol. The molecule has 0 unspecified atom stereocenters. The van der Waals surface area contributed by atoms with E-state index in [1.165, 1.54) is 44.3 Å². The molecule has 2 fully saturated rings. The van der Waals surface area contributed by atoms with Crippen molar-refractivity contribution in [3.63, 3.8) is 0 Å². The van der Waals surface area contributed by atoms with Gasteiger partial charge in [-0.15, -0.1) is 0 Å². The van der Waals surface area contributed by atoms with Crippen LogP contribution in [0.4, 0.5) is 0 Å². The van der Waals surface area contributed by atoms with Crippen LogP contribution in [-0.4, -0.2) is 41.1 Å². The summed E-state index contributed by atoms with van der Waals surface area (Å²) < 4.78 is 5.02. The van der Waals surface area contributed by atoms with E-state index in [9.17, 15) is 0 Å². The molecule has 4 rings (SSSR count). The molecule has 0 spiro atoms. The minimum Gasteiger partial charge on any atom is -0.467 e. The Balaban J connectivity index is 1.33. The van der Waals surface area contributed by atoms with Gasteiger partial charge in [0.2, 0.25) is 0 Å². The van der Waals surface area contributed by atoms with Crippen LogP contribution >= 0.6 is 0 Å². The van der Waals surface area contributed by atoms with Gasteiger partial charge in [0.15, 0.2) is 0 Å². The highest BCUT2D eigenvalue weighted by Gasteiger charge is 2.33. The highest BCUT2D eigenvalue weighted by Crippen LogP contribution is 2.43. The monoisotopic (exact) mass is 337 g/mol. The number of hydrogen-bond acceptors (Lipinski definition) is 4. The molecule has 2 heterocycles. The molecule has 25 heavy (non-hydrogen) atoms. The third kappa shape index (κ3) is 3.54. The lowest BCUT2D eigenvalue weighted by atomic mass is 9.71. The SMILES string of the molecule is COc1ncc(-c2ccc([C@H]3C[C@@H](CN4CCC[C@H]4C)C3)cc2)cn1. The number of rotatable bonds is 5. The van der Waals surface area contributed by atoms with Crippen LogP contribution in [0.5, 0.6) is 6.01 Å². The van der Waals surface area contributed by atoms with Crippen molar-refractivity contribution in [1.82, 2.24) is 14.9 Å². The van der Waals surface area contributed by atoms with E-state index in [4.69, 9.17) is 4.74 Å². The van der Waals surface area contributed by atoms with Crippen molar-refractivity contribution in [2.24, 2.45) is 5.92 Å². The summed E-state index contributed by atoms with van der Waals surface area (Å²) in [4.78, 5) is 11.1. The second-order valence-electron chi connectivity index (χ2n) is 7.60. The average molecular weight is 337 g/mol. The number of ether oxygens (including phenoxy) is 1. The van der Waals surface area contributed by atoms with Gasteiger partial charge >= 0.3 is 6.01 Å². The quantitative estimate of drug-likeness (QED) is 0.822. The molecule has 4 heteroatoms. The highest BCUT2D eigenvalue weighted by atomic mass is 16.5. The molecule has 1 atom stereocenters. The van der Waals surface area contributed by atoms with Gasteiger partial charge in [0.25, 0.3) is 0 Å². The lowest BCUT2D eigenvalue weighted by Crippen LogP contribution is -2.37. The van der Waals surface area contributed by atoms with Gasteiger partial charge in [-0.05, 0) is 62.1 Å². The molecule has 1 aromatic carbocycles. The van der Waals surface area contributed by atoms with E-state index in [1.807, 2.05) is 12.4 Å². The van der Waals surface area contributed by atoms with Crippen LogP contribution in [0.25, 0.3) is 11.1 Å². The second kappa shape index (κ2) is 7.12. The standard InChI is InChI=1S/C21H27N3O/c1-15-4-3-9-24(15)14-16-10-19(11-16)17-5-7-18(8-6-17)20-12-22-21(25-2)23-13-20/h5-8,12-13,15-16,19H,3-4,9-11,14H2,1-2H3/t15-,16-,19+/m1/s1. The van der Waals surface area contributed by atoms with E-state index in [0.29, 0.717) is 6.01 Å². The summed E-state index contributed by atoms with van der Waals surface area (Å²) in [5.74, 6) is 1.63. The van der Waals surface area contributed by atoms with Gasteiger partial charge in [-0.2, -0.15) is 0 Å². The summed E-state index contributed by atoms with van der Waals surface area (Å²) >= 11 is 0. The Hall–Kier alpha value is -1.94. The maximum absolute atomic E-state index is 5.02. The molecule has 0 radical (unpaired) electrons. The van der Waals surface area contributed by atoms with Crippen molar-refractivity contribution >= 4 is 0 Å². The normalized spacial score (nSPS) is 26.4. The first-order chi connectivity index (χ1) is 12.2. The van der Waals surface area contributed by atoms with Gasteiger partial charge in [0.1, 0.15) is 0 Å². The minimum absolute atomic E-state index is 0.410. The molecule has 1 saturated carbocycles. The lowest BCUT2D eigenvalue weighted by Gasteiger charge is -2.39. The topological polar surface area (TPSA) is 38.2 Å². The van der Waals surface area contributed by atoms with E-state index >= 15 is 0 Å². The fraction of sp³-hybridized carbons (Fsp3) is 0.524. The fourth-order valence-corrected chi connectivity index (χ4v) is 4.27. The lowest BCUT2D eigenvalue weighted by molar-refractivity contribution is 0.154. The number of nitrogens with zero attached hydrogens (tertiary/aromatic N) is 3. The number of methoxy groups -OCH3 is 1. The van der Waals surface area contributed by atoms with Gasteiger partial charge in [0, 0.05) is 30.5 Å². The van der Waals surface area contributed by atoms with Crippen molar-refractivity contribution in [3.8, 4) is 17.1 Å². The average Bonchev–Trinajstić information content (AvgIpc) is 3.03. The molecule has 2 aliphatic rings. The Morgan fingerprint density at radius 2 is 1.80 bits per heavy atom. The summed E-state index contributed by atoms with van der Waals surface area (Å²) in [6, 6.07) is 10.1. The summed E-state index contributed by atoms with van der Waals surface area (Å²) in [6.45, 7) is 4.99. The van der Waals surface area contributed by atoms with Crippen LogP contribution in [0.2, 0.25) is 0 Å². The third-order valence-electron chi connectivity index (χ3n) is 5.95. The fourth-order valence-electron chi connectivity index (χ4n) is 4.27. The van der Waals surface area contributed by atoms with Crippen LogP contribution in [0.3, 0.4) is 0 Å². The molecule has 0 amide bonds. The van der Waals surface area contributed by atoms with Crippen molar-refractivity contribution in [2.45, 2.75) is 44.6 Å². The van der Waals surface area contributed by atoms with Crippen LogP contribution in [0.1, 0.15) is 44.1 Å². The van der Waals surface area contributed by atoms with Gasteiger partial charge in [-0.1, -0.05) is 24.3 Å². The van der Waals surface area contributed by atoms with Crippen LogP contribution < -0.4 is 4.74 Å². The zero-order valence-electron chi connectivity index (χ0n) is 15.2. The van der Waals surface area contributed by atoms with E-state index in [1.54, 1.807) is 7.11 Å². The first-order valence-electron chi connectivity index (χ1n) is 9.43. The molecule has 1 aliphatic heterocycles. The van der Waals surface area contributed by atoms with Gasteiger partial charge in [-0.3, -0.25) is 0 Å². The summed E-state index contributed by atoms with van der Waals surface area (Å²) in [6.07, 6.45) is 9.08. The van der Waals surface area contributed by atoms with Crippen molar-refractivity contribution in [2.75, 3.05) is 20.2 Å². The molecule has 1 aromatic heterocycles. The molecule has 1 saturated heterocycles. The third-order valence-corrected chi connectivity index (χ3v) is 5.95. The molecular formula is C21H27N3O. The molecule has 0 N–H and O–H groups in total. The Morgan fingerprint density at radius 1 is 1.08 bits per heavy atom. The molecule has 0 bridgehead atoms. The van der Waals surface area contributed by atoms with Crippen LogP contribution in [0.15, 0.2) is 36.7 Å². The van der Waals surface area contributed by atoms with Gasteiger partial charge in [0.05, 0.1) is 7.11 Å². The minimum atomic E-state index is 0.410. The predicted molar refractivity (Wildman–Crippen MR) is 99.8 cm³/mol. The predicted octanol–water partition coefficient (Wildman–Crippen LogP) is 4.13. The van der Waals surface area contributed by atoms with Gasteiger partial charge in [-0.25, -0.2) is 9.97 Å². The first-order valence-corrected chi connectivity index (χ1v) is 9.43. The van der Waals surface area contributed by atoms with E-state index in [2.05, 4.69) is 46.1 Å². The number of aromatic nitrogens is 2. The number of likely N-dealkylation sites (tertiary alicyclic amines) is 1. The molecule has 4 nitrogen and oxygen atoms in total. The zero-order valence-corrected chi connectivity index (χ0v) is 15.2. The molecule has 2 aromatic rings. The van der Waals surface area contributed by atoms with E-state index in [0.717, 1.165) is 29.0 Å². The maximum atomic E-state index is 5.02. The van der Waals surface area contributed by atoms with Crippen molar-refractivity contribution in [3.05, 3.63) is 42.2 Å². The largest absolute Gasteiger partial charge is 0.467 e. The van der Waals surface area contributed by atoms with Crippen LogP contribution in [0, 0.1) is 5.92 Å². The van der Waals surface area contributed by atoms with Gasteiger partial charge < -0.3 is 9.64 Å². The molecule has 1 aliphatic carbocycles. The highest BCUT2D eigenvalue weighted by molar-refractivity contribution is 5.62. The maximum Gasteiger partial charge on any atom is 0.316 e. The van der Waals surface area contributed by atoms with E-state index < -0.39 is 0 Å². The number of benzene rings is 1.